The third kappa shape index (κ3) is 6.84. The number of benzene rings is 3. The van der Waals surface area contributed by atoms with Gasteiger partial charge in [-0.25, -0.2) is 0 Å². The summed E-state index contributed by atoms with van der Waals surface area (Å²) in [5.41, 5.74) is 2.25. The first kappa shape index (κ1) is 39.2. The quantitative estimate of drug-likeness (QED) is 0.264. The van der Waals surface area contributed by atoms with Crippen molar-refractivity contribution in [3.05, 3.63) is 77.9 Å². The standard InChI is InChI=1S/C43H54N6O7Si/c1-28-41(57(3,4)34-14-12-33(55-2)13-15-34)37(23-38(51)46-19-5-6-32(46)27-50)56-43(28)35-22-31(48-21-18-45-25-40(48)53)11-16-36(35)49(42(43)54)26-29-7-9-30(10-8-29)47-20-17-44-24-39(47)52/h7-16,22,28,32,37,41,44-45,50H,5-6,17-21,23-27H2,1-4H3/t28-,32+,37+,41-,43+/m1/s1. The summed E-state index contributed by atoms with van der Waals surface area (Å²) in [5.74, 6) is 0.117. The number of rotatable bonds is 10. The van der Waals surface area contributed by atoms with Crippen LogP contribution in [0.25, 0.3) is 0 Å². The second-order valence-corrected chi connectivity index (χ2v) is 21.3. The third-order valence-corrected chi connectivity index (χ3v) is 17.5. The van der Waals surface area contributed by atoms with Crippen LogP contribution in [0.15, 0.2) is 66.7 Å². The number of aliphatic hydroxyl groups is 1. The van der Waals surface area contributed by atoms with Crippen LogP contribution in [-0.4, -0.2) is 113 Å². The van der Waals surface area contributed by atoms with Crippen LogP contribution in [0.5, 0.6) is 5.75 Å². The Bertz CT molecular complexity index is 2030. The molecule has 5 aliphatic heterocycles. The van der Waals surface area contributed by atoms with Gasteiger partial charge in [-0.05, 0) is 66.4 Å². The molecular weight excluding hydrogens is 741 g/mol. The molecule has 3 N–H and O–H groups in total. The Labute approximate surface area is 335 Å². The lowest BCUT2D eigenvalue weighted by molar-refractivity contribution is -0.150. The average molecular weight is 795 g/mol. The average Bonchev–Trinajstić information content (AvgIpc) is 3.89. The highest BCUT2D eigenvalue weighted by molar-refractivity contribution is 6.91. The SMILES string of the molecule is COc1ccc([Si](C)(C)[C@H]2[C@H](CC(=O)N3CCC[C@H]3CO)O[C@@]3(C(=O)N(Cc4ccc(N5CCNCC5=O)cc4)c4ccc(N5CCNCC5=O)cc43)[C@@H]2C)cc1. The number of anilines is 3. The molecule has 5 heterocycles. The molecule has 4 saturated heterocycles. The lowest BCUT2D eigenvalue weighted by atomic mass is 9.82. The number of carbonyl (C=O) groups is 4. The van der Waals surface area contributed by atoms with Crippen LogP contribution < -0.4 is 35.3 Å². The van der Waals surface area contributed by atoms with E-state index in [2.05, 4.69) is 42.8 Å². The Morgan fingerprint density at radius 3 is 2.19 bits per heavy atom. The van der Waals surface area contributed by atoms with Crippen LogP contribution in [0.3, 0.4) is 0 Å². The number of piperazine rings is 2. The minimum absolute atomic E-state index is 0.0195. The van der Waals surface area contributed by atoms with Crippen LogP contribution in [0, 0.1) is 5.92 Å². The summed E-state index contributed by atoms with van der Waals surface area (Å²) in [6.45, 7) is 10.4. The van der Waals surface area contributed by atoms with Gasteiger partial charge >= 0.3 is 0 Å². The maximum Gasteiger partial charge on any atom is 0.264 e. The predicted molar refractivity (Wildman–Crippen MR) is 221 cm³/mol. The van der Waals surface area contributed by atoms with E-state index in [-0.39, 0.29) is 67.2 Å². The number of carbonyl (C=O) groups excluding carboxylic acids is 4. The summed E-state index contributed by atoms with van der Waals surface area (Å²) in [5, 5.41) is 17.6. The molecule has 0 saturated carbocycles. The van der Waals surface area contributed by atoms with Gasteiger partial charge in [-0.2, -0.15) is 0 Å². The smallest absolute Gasteiger partial charge is 0.264 e. The summed E-state index contributed by atoms with van der Waals surface area (Å²) in [7, 11) is -0.901. The molecular formula is C43H54N6O7Si. The van der Waals surface area contributed by atoms with E-state index in [1.165, 1.54) is 5.19 Å². The molecule has 4 amide bonds. The van der Waals surface area contributed by atoms with Crippen molar-refractivity contribution in [3.63, 3.8) is 0 Å². The Hall–Kier alpha value is -4.60. The fourth-order valence-corrected chi connectivity index (χ4v) is 14.2. The van der Waals surface area contributed by atoms with Gasteiger partial charge in [0.2, 0.25) is 17.7 Å². The molecule has 302 valence electrons. The topological polar surface area (TPSA) is 144 Å². The molecule has 13 nitrogen and oxygen atoms in total. The van der Waals surface area contributed by atoms with Crippen molar-refractivity contribution in [2.45, 2.75) is 69.1 Å². The number of hydrogen-bond acceptors (Lipinski definition) is 9. The minimum Gasteiger partial charge on any atom is -0.497 e. The maximum absolute atomic E-state index is 15.5. The Balaban J connectivity index is 1.21. The van der Waals surface area contributed by atoms with Gasteiger partial charge in [0, 0.05) is 55.6 Å². The van der Waals surface area contributed by atoms with Gasteiger partial charge in [-0.15, -0.1) is 0 Å². The van der Waals surface area contributed by atoms with Crippen LogP contribution >= 0.6 is 0 Å². The molecule has 8 rings (SSSR count). The van der Waals surface area contributed by atoms with E-state index in [9.17, 15) is 19.5 Å². The lowest BCUT2D eigenvalue weighted by Gasteiger charge is -2.37. The van der Waals surface area contributed by atoms with Crippen LogP contribution in [0.4, 0.5) is 17.1 Å². The first-order chi connectivity index (χ1) is 27.5. The highest BCUT2D eigenvalue weighted by Crippen LogP contribution is 2.60. The molecule has 0 aromatic heterocycles. The summed E-state index contributed by atoms with van der Waals surface area (Å²) in [6, 6.07) is 21.5. The van der Waals surface area contributed by atoms with Crippen LogP contribution in [-0.2, 0) is 36.1 Å². The number of nitrogens with zero attached hydrogens (tertiary/aromatic N) is 4. The number of likely N-dealkylation sites (tertiary alicyclic amines) is 1. The third-order valence-electron chi connectivity index (χ3n) is 13.2. The highest BCUT2D eigenvalue weighted by Gasteiger charge is 2.66. The number of aliphatic hydroxyl groups excluding tert-OH is 1. The second kappa shape index (κ2) is 15.6. The zero-order valence-corrected chi connectivity index (χ0v) is 34.3. The van der Waals surface area contributed by atoms with Gasteiger partial charge in [0.25, 0.3) is 5.91 Å². The molecule has 4 fully saturated rings. The molecule has 0 radical (unpaired) electrons. The summed E-state index contributed by atoms with van der Waals surface area (Å²) in [6.07, 6.45) is 1.09. The van der Waals surface area contributed by atoms with E-state index >= 15 is 4.79 Å². The molecule has 0 aliphatic carbocycles. The van der Waals surface area contributed by atoms with Gasteiger partial charge < -0.3 is 44.8 Å². The van der Waals surface area contributed by atoms with Crippen molar-refractivity contribution in [1.82, 2.24) is 15.5 Å². The van der Waals surface area contributed by atoms with Gasteiger partial charge in [0.1, 0.15) is 5.75 Å². The maximum atomic E-state index is 15.5. The highest BCUT2D eigenvalue weighted by atomic mass is 28.3. The normalized spacial score (nSPS) is 26.5. The fourth-order valence-electron chi connectivity index (χ4n) is 10.2. The number of nitrogens with one attached hydrogen (secondary N) is 2. The predicted octanol–water partition coefficient (Wildman–Crippen LogP) is 2.70. The minimum atomic E-state index is -2.55. The van der Waals surface area contributed by atoms with E-state index in [0.717, 1.165) is 36.4 Å². The van der Waals surface area contributed by atoms with Crippen molar-refractivity contribution >= 4 is 54.0 Å². The van der Waals surface area contributed by atoms with Crippen LogP contribution in [0.1, 0.15) is 37.3 Å². The van der Waals surface area contributed by atoms with E-state index in [1.54, 1.807) is 26.7 Å². The fraction of sp³-hybridized carbons (Fsp3) is 0.488. The van der Waals surface area contributed by atoms with E-state index in [0.29, 0.717) is 49.7 Å². The number of ether oxygens (including phenoxy) is 2. The van der Waals surface area contributed by atoms with Gasteiger partial charge in [0.15, 0.2) is 5.60 Å². The molecule has 3 aromatic carbocycles. The van der Waals surface area contributed by atoms with E-state index in [4.69, 9.17) is 9.47 Å². The molecule has 0 bridgehead atoms. The zero-order valence-electron chi connectivity index (χ0n) is 33.3. The van der Waals surface area contributed by atoms with Gasteiger partial charge in [0.05, 0.1) is 65.7 Å². The molecule has 1 spiro atoms. The summed E-state index contributed by atoms with van der Waals surface area (Å²) >= 11 is 0. The largest absolute Gasteiger partial charge is 0.497 e. The number of amides is 4. The van der Waals surface area contributed by atoms with Crippen molar-refractivity contribution < 1.29 is 33.8 Å². The molecule has 57 heavy (non-hydrogen) atoms. The van der Waals surface area contributed by atoms with Crippen molar-refractivity contribution in [2.24, 2.45) is 5.92 Å². The second-order valence-electron chi connectivity index (χ2n) is 16.6. The van der Waals surface area contributed by atoms with Crippen molar-refractivity contribution in [1.29, 1.82) is 0 Å². The van der Waals surface area contributed by atoms with E-state index < -0.39 is 19.8 Å². The van der Waals surface area contributed by atoms with Gasteiger partial charge in [-0.1, -0.05) is 49.5 Å². The number of hydrogen-bond donors (Lipinski definition) is 3. The first-order valence-corrected chi connectivity index (χ1v) is 23.4. The Morgan fingerprint density at radius 1 is 0.912 bits per heavy atom. The van der Waals surface area contributed by atoms with Crippen molar-refractivity contribution in [2.75, 3.05) is 74.2 Å². The summed E-state index contributed by atoms with van der Waals surface area (Å²) < 4.78 is 12.8. The first-order valence-electron chi connectivity index (χ1n) is 20.3. The van der Waals surface area contributed by atoms with Gasteiger partial charge in [-0.3, -0.25) is 19.2 Å². The number of fused-ring (bicyclic) bond motifs is 2. The molecule has 0 unspecified atom stereocenters. The van der Waals surface area contributed by atoms with E-state index in [1.807, 2.05) is 54.6 Å². The zero-order chi connectivity index (χ0) is 40.1. The molecule has 5 atom stereocenters. The summed E-state index contributed by atoms with van der Waals surface area (Å²) in [4.78, 5) is 62.7. The van der Waals surface area contributed by atoms with Crippen molar-refractivity contribution in [3.8, 4) is 5.75 Å². The number of methoxy groups -OCH3 is 1. The molecule has 5 aliphatic rings. The molecule has 3 aromatic rings. The monoisotopic (exact) mass is 794 g/mol. The Morgan fingerprint density at radius 2 is 1.56 bits per heavy atom. The molecule has 14 heteroatoms. The van der Waals surface area contributed by atoms with Crippen LogP contribution in [0.2, 0.25) is 18.6 Å². The lowest BCUT2D eigenvalue weighted by Crippen LogP contribution is -2.52. The Kier molecular flexibility index (Phi) is 10.8.